The molecule has 1 fully saturated rings. The Morgan fingerprint density at radius 3 is 2.24 bits per heavy atom. The largest absolute Gasteiger partial charge is 0.463 e. The van der Waals surface area contributed by atoms with E-state index in [1.54, 1.807) is 0 Å². The Balaban J connectivity index is 2.00. The van der Waals surface area contributed by atoms with Crippen molar-refractivity contribution in [2.75, 3.05) is 0 Å². The highest BCUT2D eigenvalue weighted by Gasteiger charge is 2.19. The molecule has 0 saturated heterocycles. The van der Waals surface area contributed by atoms with Crippen LogP contribution in [0.4, 0.5) is 0 Å². The minimum absolute atomic E-state index is 0.740. The van der Waals surface area contributed by atoms with Crippen molar-refractivity contribution in [3.05, 3.63) is 42.2 Å². The number of rotatable bonds is 3. The van der Waals surface area contributed by atoms with Crippen molar-refractivity contribution in [1.29, 1.82) is 0 Å². The summed E-state index contributed by atoms with van der Waals surface area (Å²) in [5, 5.41) is 0. The molecular weight excluding hydrogens is 208 g/mol. The molecule has 0 aliphatic heterocycles. The molecule has 1 aromatic rings. The van der Waals surface area contributed by atoms with E-state index in [9.17, 15) is 0 Å². The van der Waals surface area contributed by atoms with E-state index in [2.05, 4.69) is 37.8 Å². The van der Waals surface area contributed by atoms with E-state index in [0.717, 1.165) is 23.3 Å². The maximum absolute atomic E-state index is 5.48. The van der Waals surface area contributed by atoms with Gasteiger partial charge in [-0.15, -0.1) is 0 Å². The highest BCUT2D eigenvalue weighted by Crippen LogP contribution is 2.35. The van der Waals surface area contributed by atoms with Gasteiger partial charge in [0, 0.05) is 0 Å². The Morgan fingerprint density at radius 1 is 1.12 bits per heavy atom. The van der Waals surface area contributed by atoms with Gasteiger partial charge < -0.3 is 4.74 Å². The second-order valence-electron chi connectivity index (χ2n) is 5.33. The molecule has 2 rings (SSSR count). The lowest BCUT2D eigenvalue weighted by Gasteiger charge is -2.26. The molecule has 0 bridgehead atoms. The average Bonchev–Trinajstić information content (AvgIpc) is 2.30. The summed E-state index contributed by atoms with van der Waals surface area (Å²) in [6.45, 7) is 7.98. The molecule has 0 heterocycles. The summed E-state index contributed by atoms with van der Waals surface area (Å²) in [6.07, 6.45) is 5.41. The monoisotopic (exact) mass is 230 g/mol. The van der Waals surface area contributed by atoms with Crippen LogP contribution in [0.3, 0.4) is 0 Å². The molecule has 92 valence electrons. The van der Waals surface area contributed by atoms with Crippen LogP contribution in [0.15, 0.2) is 36.6 Å². The van der Waals surface area contributed by atoms with Crippen LogP contribution in [0.2, 0.25) is 0 Å². The normalized spacial score (nSPS) is 24.4. The van der Waals surface area contributed by atoms with Gasteiger partial charge in [0.1, 0.15) is 5.75 Å². The van der Waals surface area contributed by atoms with E-state index >= 15 is 0 Å². The van der Waals surface area contributed by atoms with E-state index in [1.807, 2.05) is 6.92 Å². The summed E-state index contributed by atoms with van der Waals surface area (Å²) >= 11 is 0. The van der Waals surface area contributed by atoms with Gasteiger partial charge >= 0.3 is 0 Å². The molecule has 1 aromatic carbocycles. The molecule has 0 atom stereocenters. The molecule has 1 aliphatic carbocycles. The van der Waals surface area contributed by atoms with Gasteiger partial charge in [0.2, 0.25) is 0 Å². The molecule has 1 aliphatic rings. The van der Waals surface area contributed by atoms with Crippen LogP contribution < -0.4 is 4.74 Å². The van der Waals surface area contributed by atoms with Gasteiger partial charge in [-0.25, -0.2) is 0 Å². The first-order valence-electron chi connectivity index (χ1n) is 6.58. The van der Waals surface area contributed by atoms with E-state index < -0.39 is 0 Å². The maximum atomic E-state index is 5.48. The van der Waals surface area contributed by atoms with Crippen molar-refractivity contribution < 1.29 is 4.74 Å². The van der Waals surface area contributed by atoms with Gasteiger partial charge in [-0.1, -0.05) is 38.5 Å². The standard InChI is InChI=1S/C16H22O/c1-12(2)17-16-10-8-15(9-11-16)14-6-4-13(3)5-7-14/h8-11,13-14H,1,4-7H2,2-3H3. The third-order valence-electron chi connectivity index (χ3n) is 3.66. The lowest BCUT2D eigenvalue weighted by Crippen LogP contribution is -2.10. The Labute approximate surface area is 104 Å². The molecule has 1 saturated carbocycles. The topological polar surface area (TPSA) is 9.23 Å². The summed E-state index contributed by atoms with van der Waals surface area (Å²) in [6, 6.07) is 8.53. The fourth-order valence-corrected chi connectivity index (χ4v) is 2.60. The van der Waals surface area contributed by atoms with E-state index in [1.165, 1.54) is 31.2 Å². The van der Waals surface area contributed by atoms with E-state index in [0.29, 0.717) is 0 Å². The molecule has 0 radical (unpaired) electrons. The SMILES string of the molecule is C=C(C)Oc1ccc(C2CCC(C)CC2)cc1. The predicted octanol–water partition coefficient (Wildman–Crippen LogP) is 4.89. The summed E-state index contributed by atoms with van der Waals surface area (Å²) < 4.78 is 5.48. The zero-order valence-corrected chi connectivity index (χ0v) is 10.9. The van der Waals surface area contributed by atoms with Crippen molar-refractivity contribution in [3.8, 4) is 5.75 Å². The first kappa shape index (κ1) is 12.2. The number of benzene rings is 1. The summed E-state index contributed by atoms with van der Waals surface area (Å²) in [5.41, 5.74) is 1.46. The quantitative estimate of drug-likeness (QED) is 0.671. The van der Waals surface area contributed by atoms with Gasteiger partial charge in [0.25, 0.3) is 0 Å². The number of allylic oxidation sites excluding steroid dienone is 1. The molecule has 0 unspecified atom stereocenters. The Hall–Kier alpha value is -1.24. The molecule has 1 heteroatoms. The molecule has 0 spiro atoms. The first-order chi connectivity index (χ1) is 8.15. The molecule has 1 nitrogen and oxygen atoms in total. The lowest BCUT2D eigenvalue weighted by molar-refractivity contribution is 0.347. The lowest BCUT2D eigenvalue weighted by atomic mass is 9.79. The number of hydrogen-bond acceptors (Lipinski definition) is 1. The third-order valence-corrected chi connectivity index (χ3v) is 3.66. The number of hydrogen-bond donors (Lipinski definition) is 0. The average molecular weight is 230 g/mol. The zero-order valence-electron chi connectivity index (χ0n) is 10.9. The van der Waals surface area contributed by atoms with Gasteiger partial charge in [-0.05, 0) is 49.3 Å². The van der Waals surface area contributed by atoms with Crippen molar-refractivity contribution in [1.82, 2.24) is 0 Å². The summed E-state index contributed by atoms with van der Waals surface area (Å²) in [4.78, 5) is 0. The molecule has 0 aromatic heterocycles. The van der Waals surface area contributed by atoms with Crippen LogP contribution in [0, 0.1) is 5.92 Å². The van der Waals surface area contributed by atoms with E-state index in [-0.39, 0.29) is 0 Å². The Kier molecular flexibility index (Phi) is 3.88. The smallest absolute Gasteiger partial charge is 0.126 e. The summed E-state index contributed by atoms with van der Waals surface area (Å²) in [5.74, 6) is 3.30. The highest BCUT2D eigenvalue weighted by atomic mass is 16.5. The first-order valence-corrected chi connectivity index (χ1v) is 6.58. The van der Waals surface area contributed by atoms with Gasteiger partial charge in [0.15, 0.2) is 0 Å². The fourth-order valence-electron chi connectivity index (χ4n) is 2.60. The van der Waals surface area contributed by atoms with Crippen molar-refractivity contribution in [2.24, 2.45) is 5.92 Å². The fraction of sp³-hybridized carbons (Fsp3) is 0.500. The second-order valence-corrected chi connectivity index (χ2v) is 5.33. The van der Waals surface area contributed by atoms with Gasteiger partial charge in [0.05, 0.1) is 5.76 Å². The third kappa shape index (κ3) is 3.36. The minimum Gasteiger partial charge on any atom is -0.463 e. The molecule has 0 amide bonds. The van der Waals surface area contributed by atoms with Gasteiger partial charge in [-0.2, -0.15) is 0 Å². The predicted molar refractivity (Wildman–Crippen MR) is 72.3 cm³/mol. The second kappa shape index (κ2) is 5.39. The molecular formula is C16H22O. The zero-order chi connectivity index (χ0) is 12.3. The minimum atomic E-state index is 0.740. The van der Waals surface area contributed by atoms with Crippen molar-refractivity contribution >= 4 is 0 Å². The van der Waals surface area contributed by atoms with Crippen LogP contribution in [0.25, 0.3) is 0 Å². The van der Waals surface area contributed by atoms with Crippen LogP contribution in [-0.2, 0) is 0 Å². The number of ether oxygens (including phenoxy) is 1. The molecule has 0 N–H and O–H groups in total. The Morgan fingerprint density at radius 2 is 1.71 bits per heavy atom. The van der Waals surface area contributed by atoms with Crippen LogP contribution in [-0.4, -0.2) is 0 Å². The van der Waals surface area contributed by atoms with Crippen molar-refractivity contribution in [3.63, 3.8) is 0 Å². The molecule has 17 heavy (non-hydrogen) atoms. The van der Waals surface area contributed by atoms with Gasteiger partial charge in [-0.3, -0.25) is 0 Å². The van der Waals surface area contributed by atoms with Crippen LogP contribution in [0.1, 0.15) is 51.0 Å². The van der Waals surface area contributed by atoms with Crippen molar-refractivity contribution in [2.45, 2.75) is 45.4 Å². The summed E-state index contributed by atoms with van der Waals surface area (Å²) in [7, 11) is 0. The highest BCUT2D eigenvalue weighted by molar-refractivity contribution is 5.30. The maximum Gasteiger partial charge on any atom is 0.126 e. The van der Waals surface area contributed by atoms with Crippen LogP contribution in [0.5, 0.6) is 5.75 Å². The Bertz CT molecular complexity index is 369. The van der Waals surface area contributed by atoms with E-state index in [4.69, 9.17) is 4.74 Å². The van der Waals surface area contributed by atoms with Crippen LogP contribution >= 0.6 is 0 Å².